The first-order valence-corrected chi connectivity index (χ1v) is 8.58. The van der Waals surface area contributed by atoms with Crippen molar-refractivity contribution in [3.8, 4) is 0 Å². The van der Waals surface area contributed by atoms with Crippen LogP contribution in [0.15, 0.2) is 24.3 Å². The molecule has 0 spiro atoms. The third-order valence-corrected chi connectivity index (χ3v) is 5.29. The molecule has 1 aliphatic heterocycles. The Balaban J connectivity index is 1.84. The molecule has 1 aromatic rings. The molecular weight excluding hydrogens is 276 g/mol. The molecule has 20 heavy (non-hydrogen) atoms. The first-order valence-electron chi connectivity index (χ1n) is 6.76. The molecule has 1 aliphatic rings. The van der Waals surface area contributed by atoms with E-state index in [0.29, 0.717) is 19.5 Å². The maximum atomic E-state index is 11.9. The van der Waals surface area contributed by atoms with Crippen molar-refractivity contribution in [2.75, 3.05) is 18.1 Å². The van der Waals surface area contributed by atoms with Gasteiger partial charge in [0.1, 0.15) is 0 Å². The topological polar surface area (TPSA) is 89.3 Å². The smallest absolute Gasteiger partial charge is 0.224 e. The van der Waals surface area contributed by atoms with Crippen molar-refractivity contribution in [3.05, 3.63) is 35.4 Å². The Hall–Kier alpha value is -1.40. The van der Waals surface area contributed by atoms with E-state index in [9.17, 15) is 13.2 Å². The quantitative estimate of drug-likeness (QED) is 0.814. The fraction of sp³-hybridized carbons (Fsp3) is 0.500. The first-order chi connectivity index (χ1) is 9.50. The summed E-state index contributed by atoms with van der Waals surface area (Å²) in [5.74, 6) is -0.457. The van der Waals surface area contributed by atoms with E-state index in [1.165, 1.54) is 5.56 Å². The number of nitrogens with two attached hydrogens (primary N) is 1. The zero-order valence-corrected chi connectivity index (χ0v) is 12.2. The third-order valence-electron chi connectivity index (χ3n) is 3.53. The van der Waals surface area contributed by atoms with Gasteiger partial charge in [0.25, 0.3) is 0 Å². The summed E-state index contributed by atoms with van der Waals surface area (Å²) < 4.78 is 22.7. The second-order valence-electron chi connectivity index (χ2n) is 5.17. The Morgan fingerprint density at radius 2 is 1.90 bits per heavy atom. The van der Waals surface area contributed by atoms with Gasteiger partial charge in [-0.25, -0.2) is 8.42 Å². The minimum atomic E-state index is -3.01. The molecular formula is C14H20N2O3S. The molecule has 0 saturated carbocycles. The van der Waals surface area contributed by atoms with Crippen molar-refractivity contribution >= 4 is 15.7 Å². The van der Waals surface area contributed by atoms with Crippen LogP contribution in [0, 0.1) is 5.92 Å². The van der Waals surface area contributed by atoms with Crippen molar-refractivity contribution in [2.24, 2.45) is 11.7 Å². The van der Waals surface area contributed by atoms with Gasteiger partial charge >= 0.3 is 0 Å². The number of benzene rings is 1. The van der Waals surface area contributed by atoms with Crippen molar-refractivity contribution in [2.45, 2.75) is 19.4 Å². The summed E-state index contributed by atoms with van der Waals surface area (Å²) in [6.07, 6.45) is 1.27. The highest BCUT2D eigenvalue weighted by Crippen LogP contribution is 2.18. The van der Waals surface area contributed by atoms with Gasteiger partial charge in [0.2, 0.25) is 5.91 Å². The largest absolute Gasteiger partial charge is 0.352 e. The number of sulfone groups is 1. The van der Waals surface area contributed by atoms with Crippen LogP contribution >= 0.6 is 0 Å². The average Bonchev–Trinajstić information content (AvgIpc) is 2.78. The minimum Gasteiger partial charge on any atom is -0.352 e. The zero-order chi connectivity index (χ0) is 14.6. The third kappa shape index (κ3) is 4.05. The Morgan fingerprint density at radius 3 is 2.45 bits per heavy atom. The predicted octanol–water partition coefficient (Wildman–Crippen LogP) is 0.239. The van der Waals surface area contributed by atoms with Crippen LogP contribution < -0.4 is 11.1 Å². The lowest BCUT2D eigenvalue weighted by molar-refractivity contribution is -0.124. The van der Waals surface area contributed by atoms with Gasteiger partial charge in [-0.2, -0.15) is 0 Å². The van der Waals surface area contributed by atoms with Crippen LogP contribution in [0.5, 0.6) is 0 Å². The summed E-state index contributed by atoms with van der Waals surface area (Å²) in [7, 11) is -3.01. The number of carbonyl (C=O) groups is 1. The highest BCUT2D eigenvalue weighted by atomic mass is 32.2. The van der Waals surface area contributed by atoms with Crippen LogP contribution in [-0.2, 0) is 27.6 Å². The maximum Gasteiger partial charge on any atom is 0.224 e. The molecule has 110 valence electrons. The number of rotatable bonds is 5. The van der Waals surface area contributed by atoms with E-state index in [2.05, 4.69) is 5.32 Å². The molecule has 1 aromatic carbocycles. The van der Waals surface area contributed by atoms with Gasteiger partial charge in [0, 0.05) is 6.54 Å². The molecule has 3 N–H and O–H groups in total. The van der Waals surface area contributed by atoms with Crippen molar-refractivity contribution < 1.29 is 13.2 Å². The Bertz CT molecular complexity index is 567. The summed E-state index contributed by atoms with van der Waals surface area (Å²) in [5.41, 5.74) is 7.65. The lowest BCUT2D eigenvalue weighted by Gasteiger charge is -2.10. The lowest BCUT2D eigenvalue weighted by Crippen LogP contribution is -2.30. The molecule has 1 heterocycles. The molecule has 1 fully saturated rings. The fourth-order valence-corrected chi connectivity index (χ4v) is 4.07. The summed E-state index contributed by atoms with van der Waals surface area (Å²) in [6.45, 7) is 1.05. The number of nitrogens with one attached hydrogen (secondary N) is 1. The molecule has 0 bridgehead atoms. The predicted molar refractivity (Wildman–Crippen MR) is 77.8 cm³/mol. The number of hydrogen-bond donors (Lipinski definition) is 2. The SMILES string of the molecule is NCCc1ccc(CNC(=O)C2CCS(=O)(=O)C2)cc1. The van der Waals surface area contributed by atoms with Gasteiger partial charge in [0.15, 0.2) is 9.84 Å². The molecule has 1 amide bonds. The van der Waals surface area contributed by atoms with Crippen molar-refractivity contribution in [1.29, 1.82) is 0 Å². The summed E-state index contributed by atoms with van der Waals surface area (Å²) in [5, 5.41) is 2.80. The van der Waals surface area contributed by atoms with E-state index in [-0.39, 0.29) is 17.4 Å². The maximum absolute atomic E-state index is 11.9. The average molecular weight is 296 g/mol. The van der Waals surface area contributed by atoms with E-state index < -0.39 is 15.8 Å². The van der Waals surface area contributed by atoms with E-state index in [0.717, 1.165) is 12.0 Å². The molecule has 0 aliphatic carbocycles. The molecule has 1 unspecified atom stereocenters. The summed E-state index contributed by atoms with van der Waals surface area (Å²) in [6, 6.07) is 7.90. The Kier molecular flexibility index (Phi) is 4.77. The molecule has 2 rings (SSSR count). The lowest BCUT2D eigenvalue weighted by atomic mass is 10.1. The van der Waals surface area contributed by atoms with Crippen LogP contribution in [0.4, 0.5) is 0 Å². The number of amides is 1. The normalized spacial score (nSPS) is 20.8. The molecule has 5 nitrogen and oxygen atoms in total. The van der Waals surface area contributed by atoms with Gasteiger partial charge in [0.05, 0.1) is 17.4 Å². The minimum absolute atomic E-state index is 0.0196. The first kappa shape index (κ1) is 15.0. The van der Waals surface area contributed by atoms with Crippen LogP contribution in [0.25, 0.3) is 0 Å². The Labute approximate surface area is 119 Å². The standard InChI is InChI=1S/C14H20N2O3S/c15-7-5-11-1-3-12(4-2-11)9-16-14(17)13-6-8-20(18,19)10-13/h1-4,13H,5-10,15H2,(H,16,17). The van der Waals surface area contributed by atoms with Crippen LogP contribution in [0.3, 0.4) is 0 Å². The zero-order valence-electron chi connectivity index (χ0n) is 11.3. The highest BCUT2D eigenvalue weighted by molar-refractivity contribution is 7.91. The summed E-state index contributed by atoms with van der Waals surface area (Å²) >= 11 is 0. The highest BCUT2D eigenvalue weighted by Gasteiger charge is 2.32. The van der Waals surface area contributed by atoms with Gasteiger partial charge in [-0.05, 0) is 30.5 Å². The fourth-order valence-electron chi connectivity index (χ4n) is 2.33. The number of carbonyl (C=O) groups excluding carboxylic acids is 1. The molecule has 0 radical (unpaired) electrons. The van der Waals surface area contributed by atoms with Gasteiger partial charge in [-0.3, -0.25) is 4.79 Å². The monoisotopic (exact) mass is 296 g/mol. The van der Waals surface area contributed by atoms with Crippen molar-refractivity contribution in [3.63, 3.8) is 0 Å². The number of hydrogen-bond acceptors (Lipinski definition) is 4. The second kappa shape index (κ2) is 6.37. The van der Waals surface area contributed by atoms with Crippen molar-refractivity contribution in [1.82, 2.24) is 5.32 Å². The molecule has 1 saturated heterocycles. The van der Waals surface area contributed by atoms with Gasteiger partial charge in [-0.15, -0.1) is 0 Å². The molecule has 1 atom stereocenters. The summed E-state index contributed by atoms with van der Waals surface area (Å²) in [4.78, 5) is 11.9. The van der Waals surface area contributed by atoms with Crippen LogP contribution in [0.1, 0.15) is 17.5 Å². The second-order valence-corrected chi connectivity index (χ2v) is 7.40. The van der Waals surface area contributed by atoms with E-state index in [4.69, 9.17) is 5.73 Å². The van der Waals surface area contributed by atoms with Gasteiger partial charge in [-0.1, -0.05) is 24.3 Å². The molecule has 0 aromatic heterocycles. The van der Waals surface area contributed by atoms with E-state index >= 15 is 0 Å². The van der Waals surface area contributed by atoms with Crippen LogP contribution in [0.2, 0.25) is 0 Å². The Morgan fingerprint density at radius 1 is 1.25 bits per heavy atom. The van der Waals surface area contributed by atoms with E-state index in [1.807, 2.05) is 24.3 Å². The van der Waals surface area contributed by atoms with Gasteiger partial charge < -0.3 is 11.1 Å². The molecule has 6 heteroatoms. The van der Waals surface area contributed by atoms with Crippen LogP contribution in [-0.4, -0.2) is 32.4 Å². The van der Waals surface area contributed by atoms with E-state index in [1.54, 1.807) is 0 Å².